The van der Waals surface area contributed by atoms with Crippen molar-refractivity contribution in [3.8, 4) is 0 Å². The maximum Gasteiger partial charge on any atom is 0.0743 e. The van der Waals surface area contributed by atoms with Gasteiger partial charge in [0.15, 0.2) is 0 Å². The number of aryl methyl sites for hydroxylation is 2. The lowest BCUT2D eigenvalue weighted by molar-refractivity contribution is 0.584. The van der Waals surface area contributed by atoms with Gasteiger partial charge in [-0.25, -0.2) is 0 Å². The molecule has 0 aliphatic rings. The predicted octanol–water partition coefficient (Wildman–Crippen LogP) is 6.15. The van der Waals surface area contributed by atoms with Gasteiger partial charge < -0.3 is 0 Å². The molecule has 0 N–H and O–H groups in total. The van der Waals surface area contributed by atoms with Crippen molar-refractivity contribution in [1.29, 1.82) is 0 Å². The molecule has 0 spiro atoms. The molecule has 2 heteroatoms. The smallest absolute Gasteiger partial charge is 0.0743 e. The zero-order valence-corrected chi connectivity index (χ0v) is 14.7. The lowest BCUT2D eigenvalue weighted by Gasteiger charge is -2.25. The Morgan fingerprint density at radius 3 is 2.26 bits per heavy atom. The second kappa shape index (κ2) is 5.41. The Balaban J connectivity index is 2.50. The lowest BCUT2D eigenvalue weighted by atomic mass is 9.82. The Morgan fingerprint density at radius 2 is 1.74 bits per heavy atom. The molecule has 1 aromatic heterocycles. The van der Waals surface area contributed by atoms with Gasteiger partial charge in [-0.05, 0) is 42.0 Å². The fourth-order valence-corrected chi connectivity index (χ4v) is 4.53. The molecule has 2 aromatic rings. The van der Waals surface area contributed by atoms with Gasteiger partial charge in [0.25, 0.3) is 0 Å². The summed E-state index contributed by atoms with van der Waals surface area (Å²) in [4.78, 5) is 3.10. The number of halogens is 1. The molecule has 1 atom stereocenters. The van der Waals surface area contributed by atoms with Gasteiger partial charge in [0, 0.05) is 9.75 Å². The van der Waals surface area contributed by atoms with Crippen LogP contribution in [0.1, 0.15) is 52.0 Å². The lowest BCUT2D eigenvalue weighted by Crippen LogP contribution is -2.15. The minimum Gasteiger partial charge on any atom is -0.144 e. The van der Waals surface area contributed by atoms with Crippen LogP contribution in [-0.4, -0.2) is 0 Å². The Morgan fingerprint density at radius 1 is 1.11 bits per heavy atom. The highest BCUT2D eigenvalue weighted by molar-refractivity contribution is 9.09. The van der Waals surface area contributed by atoms with E-state index in [0.717, 1.165) is 0 Å². The van der Waals surface area contributed by atoms with Crippen LogP contribution in [0.3, 0.4) is 0 Å². The molecule has 1 aromatic carbocycles. The highest BCUT2D eigenvalue weighted by Gasteiger charge is 2.23. The van der Waals surface area contributed by atoms with Crippen LogP contribution >= 0.6 is 27.3 Å². The maximum atomic E-state index is 3.91. The molecule has 1 heterocycles. The van der Waals surface area contributed by atoms with Crippen LogP contribution in [0, 0.1) is 13.8 Å². The van der Waals surface area contributed by atoms with E-state index < -0.39 is 0 Å². The van der Waals surface area contributed by atoms with E-state index in [1.807, 2.05) is 11.3 Å². The van der Waals surface area contributed by atoms with Crippen LogP contribution in [0.15, 0.2) is 30.3 Å². The topological polar surface area (TPSA) is 0 Å². The molecule has 0 aliphatic heterocycles. The molecule has 0 saturated carbocycles. The SMILES string of the molecule is Cc1cc(C)c(C(Br)c2ccccc2C(C)(C)C)s1. The molecular formula is C17H21BrS. The number of rotatable bonds is 2. The van der Waals surface area contributed by atoms with E-state index in [4.69, 9.17) is 0 Å². The van der Waals surface area contributed by atoms with Gasteiger partial charge >= 0.3 is 0 Å². The summed E-state index contributed by atoms with van der Waals surface area (Å²) in [5.41, 5.74) is 4.36. The first-order chi connectivity index (χ1) is 8.80. The van der Waals surface area contributed by atoms with E-state index in [9.17, 15) is 0 Å². The van der Waals surface area contributed by atoms with Crippen molar-refractivity contribution in [1.82, 2.24) is 0 Å². The number of thiophene rings is 1. The van der Waals surface area contributed by atoms with E-state index in [1.165, 1.54) is 26.4 Å². The molecule has 0 saturated heterocycles. The molecule has 19 heavy (non-hydrogen) atoms. The fourth-order valence-electron chi connectivity index (χ4n) is 2.45. The molecule has 0 amide bonds. The van der Waals surface area contributed by atoms with Gasteiger partial charge in [0.1, 0.15) is 0 Å². The molecular weight excluding hydrogens is 316 g/mol. The Hall–Kier alpha value is -0.600. The molecule has 102 valence electrons. The highest BCUT2D eigenvalue weighted by atomic mass is 79.9. The summed E-state index contributed by atoms with van der Waals surface area (Å²) >= 11 is 5.80. The van der Waals surface area contributed by atoms with Gasteiger partial charge in [0.05, 0.1) is 4.83 Å². The van der Waals surface area contributed by atoms with Crippen LogP contribution < -0.4 is 0 Å². The summed E-state index contributed by atoms with van der Waals surface area (Å²) in [5, 5.41) is 0. The van der Waals surface area contributed by atoms with E-state index >= 15 is 0 Å². The zero-order chi connectivity index (χ0) is 14.2. The summed E-state index contributed by atoms with van der Waals surface area (Å²) < 4.78 is 0. The number of hydrogen-bond donors (Lipinski definition) is 0. The van der Waals surface area contributed by atoms with Crippen LogP contribution in [0.4, 0.5) is 0 Å². The van der Waals surface area contributed by atoms with E-state index in [1.54, 1.807) is 0 Å². The van der Waals surface area contributed by atoms with Gasteiger partial charge in [-0.3, -0.25) is 0 Å². The van der Waals surface area contributed by atoms with Gasteiger partial charge in [-0.1, -0.05) is 61.0 Å². The summed E-state index contributed by atoms with van der Waals surface area (Å²) in [6, 6.07) is 11.0. The van der Waals surface area contributed by atoms with Crippen molar-refractivity contribution in [2.24, 2.45) is 0 Å². The van der Waals surface area contributed by atoms with Gasteiger partial charge in [-0.15, -0.1) is 11.3 Å². The van der Waals surface area contributed by atoms with Crippen LogP contribution in [0.2, 0.25) is 0 Å². The quantitative estimate of drug-likeness (QED) is 0.577. The summed E-state index contributed by atoms with van der Waals surface area (Å²) in [6.07, 6.45) is 0. The van der Waals surface area contributed by atoms with E-state index in [-0.39, 0.29) is 5.41 Å². The van der Waals surface area contributed by atoms with Gasteiger partial charge in [0.2, 0.25) is 0 Å². The van der Waals surface area contributed by atoms with Crippen molar-refractivity contribution in [2.75, 3.05) is 0 Å². The summed E-state index contributed by atoms with van der Waals surface area (Å²) in [6.45, 7) is 11.2. The number of hydrogen-bond acceptors (Lipinski definition) is 1. The first kappa shape index (κ1) is 14.8. The van der Waals surface area contributed by atoms with Crippen LogP contribution in [0.5, 0.6) is 0 Å². The second-order valence-electron chi connectivity index (χ2n) is 6.10. The van der Waals surface area contributed by atoms with Crippen molar-refractivity contribution >= 4 is 27.3 Å². The normalized spacial score (nSPS) is 13.6. The predicted molar refractivity (Wildman–Crippen MR) is 89.7 cm³/mol. The second-order valence-corrected chi connectivity index (χ2v) is 8.31. The standard InChI is InChI=1S/C17H21BrS/c1-11-10-12(2)19-16(11)15(18)13-8-6-7-9-14(13)17(3,4)5/h6-10,15H,1-5H3. The Bertz CT molecular complexity index is 575. The molecule has 0 fully saturated rings. The molecule has 0 nitrogen and oxygen atoms in total. The molecule has 0 bridgehead atoms. The average molecular weight is 337 g/mol. The third-order valence-corrected chi connectivity index (χ3v) is 5.82. The van der Waals surface area contributed by atoms with Crippen molar-refractivity contribution in [3.05, 3.63) is 56.8 Å². The van der Waals surface area contributed by atoms with Gasteiger partial charge in [-0.2, -0.15) is 0 Å². The molecule has 2 rings (SSSR count). The fraction of sp³-hybridized carbons (Fsp3) is 0.412. The molecule has 0 aliphatic carbocycles. The van der Waals surface area contributed by atoms with E-state index in [2.05, 4.69) is 80.9 Å². The zero-order valence-electron chi connectivity index (χ0n) is 12.3. The van der Waals surface area contributed by atoms with Crippen LogP contribution in [-0.2, 0) is 5.41 Å². The molecule has 1 unspecified atom stereocenters. The minimum atomic E-state index is 0.169. The maximum absolute atomic E-state index is 3.91. The monoisotopic (exact) mass is 336 g/mol. The highest BCUT2D eigenvalue weighted by Crippen LogP contribution is 2.41. The number of benzene rings is 1. The number of alkyl halides is 1. The summed E-state index contributed by atoms with van der Waals surface area (Å²) in [5.74, 6) is 0. The van der Waals surface area contributed by atoms with Crippen molar-refractivity contribution < 1.29 is 0 Å². The largest absolute Gasteiger partial charge is 0.144 e. The first-order valence-corrected chi connectivity index (χ1v) is 8.34. The van der Waals surface area contributed by atoms with Crippen molar-refractivity contribution in [2.45, 2.75) is 44.9 Å². The Kier molecular flexibility index (Phi) is 4.22. The average Bonchev–Trinajstić information content (AvgIpc) is 2.66. The van der Waals surface area contributed by atoms with Crippen molar-refractivity contribution in [3.63, 3.8) is 0 Å². The van der Waals surface area contributed by atoms with E-state index in [0.29, 0.717) is 4.83 Å². The van der Waals surface area contributed by atoms with Crippen LogP contribution in [0.25, 0.3) is 0 Å². The minimum absolute atomic E-state index is 0.169. The summed E-state index contributed by atoms with van der Waals surface area (Å²) in [7, 11) is 0. The molecule has 0 radical (unpaired) electrons. The Labute approximate surface area is 129 Å². The third-order valence-electron chi connectivity index (χ3n) is 3.35. The first-order valence-electron chi connectivity index (χ1n) is 6.61. The third kappa shape index (κ3) is 3.11.